The molecule has 1 fully saturated rings. The van der Waals surface area contributed by atoms with Gasteiger partial charge in [0, 0.05) is 45.0 Å². The summed E-state index contributed by atoms with van der Waals surface area (Å²) in [7, 11) is 6.02. The number of guanidine groups is 1. The summed E-state index contributed by atoms with van der Waals surface area (Å²) in [6.07, 6.45) is 3.26. The van der Waals surface area contributed by atoms with Crippen molar-refractivity contribution in [3.05, 3.63) is 59.4 Å². The average Bonchev–Trinajstić information content (AvgIpc) is 3.19. The van der Waals surface area contributed by atoms with Crippen LogP contribution in [0.2, 0.25) is 0 Å². The summed E-state index contributed by atoms with van der Waals surface area (Å²) < 4.78 is 2.15. The third-order valence-electron chi connectivity index (χ3n) is 4.72. The Morgan fingerprint density at radius 2 is 2.09 bits per heavy atom. The summed E-state index contributed by atoms with van der Waals surface area (Å²) in [6, 6.07) is 13.4. The van der Waals surface area contributed by atoms with Crippen molar-refractivity contribution in [2.75, 3.05) is 14.1 Å². The first kappa shape index (κ1) is 15.7. The molecule has 0 radical (unpaired) electrons. The van der Waals surface area contributed by atoms with Gasteiger partial charge in [-0.05, 0) is 36.6 Å². The second kappa shape index (κ2) is 6.49. The Morgan fingerprint density at radius 1 is 1.30 bits per heavy atom. The standard InChI is InChI=1S/C19H26N4/c1-14-8-5-6-10-16(14)17-12-18(17)21-19(20-2)23(4)13-15-9-7-11-22(15)3/h5-11,17-18H,12-13H2,1-4H3,(H,20,21). The van der Waals surface area contributed by atoms with Gasteiger partial charge < -0.3 is 14.8 Å². The van der Waals surface area contributed by atoms with E-state index in [4.69, 9.17) is 0 Å². The van der Waals surface area contributed by atoms with Crippen molar-refractivity contribution < 1.29 is 0 Å². The maximum atomic E-state index is 4.45. The lowest BCUT2D eigenvalue weighted by Crippen LogP contribution is -2.40. The zero-order valence-corrected chi connectivity index (χ0v) is 14.5. The van der Waals surface area contributed by atoms with E-state index >= 15 is 0 Å². The number of aliphatic imine (C=N–C) groups is 1. The molecule has 1 aromatic heterocycles. The van der Waals surface area contributed by atoms with Gasteiger partial charge in [-0.3, -0.25) is 4.99 Å². The maximum Gasteiger partial charge on any atom is 0.193 e. The van der Waals surface area contributed by atoms with Crippen LogP contribution in [0.25, 0.3) is 0 Å². The fourth-order valence-electron chi connectivity index (χ4n) is 3.19. The van der Waals surface area contributed by atoms with Crippen molar-refractivity contribution in [3.63, 3.8) is 0 Å². The normalized spacial score (nSPS) is 20.4. The number of nitrogens with zero attached hydrogens (tertiary/aromatic N) is 3. The Labute approximate surface area is 138 Å². The van der Waals surface area contributed by atoms with Gasteiger partial charge in [-0.2, -0.15) is 0 Å². The van der Waals surface area contributed by atoms with Gasteiger partial charge in [0.05, 0.1) is 6.54 Å². The molecule has 122 valence electrons. The van der Waals surface area contributed by atoms with Crippen LogP contribution in [0, 0.1) is 6.92 Å². The molecule has 0 bridgehead atoms. The van der Waals surface area contributed by atoms with E-state index in [2.05, 4.69) is 83.4 Å². The number of aromatic nitrogens is 1. The van der Waals surface area contributed by atoms with Crippen LogP contribution in [0.3, 0.4) is 0 Å². The van der Waals surface area contributed by atoms with E-state index in [1.807, 2.05) is 7.05 Å². The van der Waals surface area contributed by atoms with Crippen LogP contribution >= 0.6 is 0 Å². The van der Waals surface area contributed by atoms with Crippen LogP contribution in [0.1, 0.15) is 29.2 Å². The number of hydrogen-bond acceptors (Lipinski definition) is 1. The van der Waals surface area contributed by atoms with Gasteiger partial charge in [0.1, 0.15) is 0 Å². The molecule has 4 heteroatoms. The van der Waals surface area contributed by atoms with Crippen LogP contribution in [0.5, 0.6) is 0 Å². The van der Waals surface area contributed by atoms with E-state index in [9.17, 15) is 0 Å². The summed E-state index contributed by atoms with van der Waals surface area (Å²) in [4.78, 5) is 6.63. The minimum atomic E-state index is 0.491. The zero-order chi connectivity index (χ0) is 16.4. The second-order valence-electron chi connectivity index (χ2n) is 6.46. The summed E-state index contributed by atoms with van der Waals surface area (Å²) in [5, 5.41) is 3.61. The highest BCUT2D eigenvalue weighted by Crippen LogP contribution is 2.42. The van der Waals surface area contributed by atoms with Crippen LogP contribution in [-0.4, -0.2) is 35.6 Å². The van der Waals surface area contributed by atoms with E-state index in [1.54, 1.807) is 0 Å². The van der Waals surface area contributed by atoms with Crippen LogP contribution in [0.15, 0.2) is 47.6 Å². The Morgan fingerprint density at radius 3 is 2.74 bits per heavy atom. The monoisotopic (exact) mass is 310 g/mol. The lowest BCUT2D eigenvalue weighted by Gasteiger charge is -2.22. The smallest absolute Gasteiger partial charge is 0.193 e. The third-order valence-corrected chi connectivity index (χ3v) is 4.72. The number of rotatable bonds is 4. The number of nitrogens with one attached hydrogen (secondary N) is 1. The molecule has 0 aliphatic heterocycles. The lowest BCUT2D eigenvalue weighted by atomic mass is 10.0. The predicted molar refractivity (Wildman–Crippen MR) is 95.7 cm³/mol. The molecule has 1 aromatic carbocycles. The highest BCUT2D eigenvalue weighted by atomic mass is 15.3. The van der Waals surface area contributed by atoms with Crippen LogP contribution < -0.4 is 5.32 Å². The van der Waals surface area contributed by atoms with E-state index in [0.717, 1.165) is 12.5 Å². The fraction of sp³-hybridized carbons (Fsp3) is 0.421. The molecule has 0 amide bonds. The first-order valence-corrected chi connectivity index (χ1v) is 8.20. The molecule has 2 unspecified atom stereocenters. The van der Waals surface area contributed by atoms with Crippen molar-refractivity contribution in [2.24, 2.45) is 12.0 Å². The molecule has 4 nitrogen and oxygen atoms in total. The molecule has 1 aliphatic carbocycles. The van der Waals surface area contributed by atoms with Gasteiger partial charge >= 0.3 is 0 Å². The molecule has 0 saturated heterocycles. The third kappa shape index (κ3) is 3.41. The molecular formula is C19H26N4. The van der Waals surface area contributed by atoms with Crippen molar-refractivity contribution in [1.82, 2.24) is 14.8 Å². The molecular weight excluding hydrogens is 284 g/mol. The number of hydrogen-bond donors (Lipinski definition) is 1. The first-order valence-electron chi connectivity index (χ1n) is 8.20. The van der Waals surface area contributed by atoms with Gasteiger partial charge in [-0.15, -0.1) is 0 Å². The number of benzene rings is 1. The van der Waals surface area contributed by atoms with Gasteiger partial charge in [0.15, 0.2) is 5.96 Å². The van der Waals surface area contributed by atoms with Crippen LogP contribution in [0.4, 0.5) is 0 Å². The Hall–Kier alpha value is -2.23. The van der Waals surface area contributed by atoms with E-state index < -0.39 is 0 Å². The largest absolute Gasteiger partial charge is 0.353 e. The Balaban J connectivity index is 1.61. The fourth-order valence-corrected chi connectivity index (χ4v) is 3.19. The summed E-state index contributed by atoms with van der Waals surface area (Å²) >= 11 is 0. The topological polar surface area (TPSA) is 32.6 Å². The lowest BCUT2D eigenvalue weighted by molar-refractivity contribution is 0.461. The minimum absolute atomic E-state index is 0.491. The molecule has 0 spiro atoms. The van der Waals surface area contributed by atoms with Gasteiger partial charge in [0.25, 0.3) is 0 Å². The quantitative estimate of drug-likeness (QED) is 0.696. The minimum Gasteiger partial charge on any atom is -0.353 e. The van der Waals surface area contributed by atoms with Crippen molar-refractivity contribution in [1.29, 1.82) is 0 Å². The summed E-state index contributed by atoms with van der Waals surface area (Å²) in [5.41, 5.74) is 4.13. The SMILES string of the molecule is CN=C(NC1CC1c1ccccc1C)N(C)Cc1cccn1C. The van der Waals surface area contributed by atoms with Crippen LogP contribution in [-0.2, 0) is 13.6 Å². The van der Waals surface area contributed by atoms with Crippen molar-refractivity contribution in [2.45, 2.75) is 31.8 Å². The highest BCUT2D eigenvalue weighted by molar-refractivity contribution is 5.80. The highest BCUT2D eigenvalue weighted by Gasteiger charge is 2.40. The summed E-state index contributed by atoms with van der Waals surface area (Å²) in [6.45, 7) is 3.05. The number of aryl methyl sites for hydroxylation is 2. The van der Waals surface area contributed by atoms with Gasteiger partial charge in [-0.1, -0.05) is 24.3 Å². The van der Waals surface area contributed by atoms with E-state index in [1.165, 1.54) is 23.2 Å². The van der Waals surface area contributed by atoms with Crippen molar-refractivity contribution in [3.8, 4) is 0 Å². The molecule has 1 N–H and O–H groups in total. The van der Waals surface area contributed by atoms with Gasteiger partial charge in [0.2, 0.25) is 0 Å². The Kier molecular flexibility index (Phi) is 4.42. The molecule has 1 aliphatic rings. The van der Waals surface area contributed by atoms with Crippen molar-refractivity contribution >= 4 is 5.96 Å². The molecule has 1 saturated carbocycles. The first-order chi connectivity index (χ1) is 11.1. The Bertz CT molecular complexity index is 701. The molecule has 2 atom stereocenters. The maximum absolute atomic E-state index is 4.45. The average molecular weight is 310 g/mol. The molecule has 2 aromatic rings. The zero-order valence-electron chi connectivity index (χ0n) is 14.5. The predicted octanol–water partition coefficient (Wildman–Crippen LogP) is 2.90. The summed E-state index contributed by atoms with van der Waals surface area (Å²) in [5.74, 6) is 1.57. The van der Waals surface area contributed by atoms with E-state index in [0.29, 0.717) is 12.0 Å². The molecule has 3 rings (SSSR count). The second-order valence-corrected chi connectivity index (χ2v) is 6.46. The van der Waals surface area contributed by atoms with E-state index in [-0.39, 0.29) is 0 Å². The van der Waals surface area contributed by atoms with Gasteiger partial charge in [-0.25, -0.2) is 0 Å². The molecule has 23 heavy (non-hydrogen) atoms. The molecule has 1 heterocycles.